The highest BCUT2D eigenvalue weighted by Gasteiger charge is 2.23. The van der Waals surface area contributed by atoms with E-state index in [9.17, 15) is 4.79 Å². The van der Waals surface area contributed by atoms with Gasteiger partial charge < -0.3 is 15.4 Å². The minimum absolute atomic E-state index is 0.0513. The van der Waals surface area contributed by atoms with Gasteiger partial charge in [0.25, 0.3) is 0 Å². The topological polar surface area (TPSA) is 55.6 Å². The number of hydrogen-bond donors (Lipinski definition) is 1. The van der Waals surface area contributed by atoms with Crippen molar-refractivity contribution in [3.63, 3.8) is 0 Å². The van der Waals surface area contributed by atoms with Crippen molar-refractivity contribution in [2.24, 2.45) is 5.73 Å². The van der Waals surface area contributed by atoms with Crippen molar-refractivity contribution in [2.45, 2.75) is 19.0 Å². The number of thiophene rings is 1. The summed E-state index contributed by atoms with van der Waals surface area (Å²) in [5.74, 6) is -0.0947. The molecule has 0 aliphatic carbocycles. The van der Waals surface area contributed by atoms with Gasteiger partial charge in [0.15, 0.2) is 0 Å². The fraction of sp³-hybridized carbons (Fsp3) is 0.545. The van der Waals surface area contributed by atoms with Crippen LogP contribution in [0, 0.1) is 0 Å². The summed E-state index contributed by atoms with van der Waals surface area (Å²) in [6.07, 6.45) is 0. The zero-order chi connectivity index (χ0) is 12.1. The first-order valence-electron chi connectivity index (χ1n) is 5.12. The molecule has 0 saturated carbocycles. The van der Waals surface area contributed by atoms with Crippen molar-refractivity contribution in [3.05, 3.63) is 22.4 Å². The van der Waals surface area contributed by atoms with Crippen LogP contribution in [0.25, 0.3) is 0 Å². The maximum atomic E-state index is 11.9. The van der Waals surface area contributed by atoms with E-state index >= 15 is 0 Å². The number of methoxy groups -OCH3 is 1. The molecule has 1 amide bonds. The molecule has 1 heterocycles. The van der Waals surface area contributed by atoms with Crippen LogP contribution in [0.5, 0.6) is 0 Å². The molecule has 0 aliphatic rings. The van der Waals surface area contributed by atoms with Gasteiger partial charge in [-0.3, -0.25) is 4.79 Å². The predicted octanol–water partition coefficient (Wildman–Crippen LogP) is 1.24. The van der Waals surface area contributed by atoms with Crippen molar-refractivity contribution in [3.8, 4) is 0 Å². The van der Waals surface area contributed by atoms with Crippen molar-refractivity contribution >= 4 is 17.2 Å². The standard InChI is InChI=1S/C11H18N2O2S/c1-8(10-5-4-6-16-10)13(2)11(14)9(12)7-15-3/h4-6,8-9H,7,12H2,1-3H3. The lowest BCUT2D eigenvalue weighted by Gasteiger charge is -2.26. The molecule has 16 heavy (non-hydrogen) atoms. The normalized spacial score (nSPS) is 14.5. The second-order valence-electron chi connectivity index (χ2n) is 3.70. The molecule has 0 bridgehead atoms. The minimum atomic E-state index is -0.586. The van der Waals surface area contributed by atoms with E-state index in [1.165, 1.54) is 7.11 Å². The lowest BCUT2D eigenvalue weighted by Crippen LogP contribution is -2.45. The third kappa shape index (κ3) is 3.04. The largest absolute Gasteiger partial charge is 0.383 e. The van der Waals surface area contributed by atoms with Crippen LogP contribution in [0.1, 0.15) is 17.8 Å². The molecule has 2 N–H and O–H groups in total. The highest BCUT2D eigenvalue weighted by molar-refractivity contribution is 7.10. The lowest BCUT2D eigenvalue weighted by molar-refractivity contribution is -0.134. The SMILES string of the molecule is COCC(N)C(=O)N(C)C(C)c1cccs1. The molecular formula is C11H18N2O2S. The summed E-state index contributed by atoms with van der Waals surface area (Å²) in [6.45, 7) is 2.24. The molecule has 0 radical (unpaired) electrons. The quantitative estimate of drug-likeness (QED) is 0.845. The van der Waals surface area contributed by atoms with E-state index in [0.717, 1.165) is 4.88 Å². The van der Waals surface area contributed by atoms with Gasteiger partial charge in [-0.05, 0) is 18.4 Å². The zero-order valence-corrected chi connectivity index (χ0v) is 10.7. The third-order valence-electron chi connectivity index (χ3n) is 2.55. The third-order valence-corrected chi connectivity index (χ3v) is 3.59. The summed E-state index contributed by atoms with van der Waals surface area (Å²) >= 11 is 1.64. The van der Waals surface area contributed by atoms with E-state index in [4.69, 9.17) is 10.5 Å². The molecule has 0 aliphatic heterocycles. The lowest BCUT2D eigenvalue weighted by atomic mass is 10.2. The van der Waals surface area contributed by atoms with Gasteiger partial charge in [-0.15, -0.1) is 11.3 Å². The van der Waals surface area contributed by atoms with Crippen molar-refractivity contribution in [2.75, 3.05) is 20.8 Å². The van der Waals surface area contributed by atoms with Gasteiger partial charge in [-0.1, -0.05) is 6.07 Å². The molecule has 1 aromatic heterocycles. The van der Waals surface area contributed by atoms with Gasteiger partial charge in [0.1, 0.15) is 6.04 Å². The monoisotopic (exact) mass is 242 g/mol. The molecule has 0 saturated heterocycles. The molecule has 2 unspecified atom stereocenters. The maximum absolute atomic E-state index is 11.9. The molecule has 1 rings (SSSR count). The molecule has 90 valence electrons. The maximum Gasteiger partial charge on any atom is 0.242 e. The van der Waals surface area contributed by atoms with Crippen molar-refractivity contribution in [1.29, 1.82) is 0 Å². The second-order valence-corrected chi connectivity index (χ2v) is 4.68. The molecular weight excluding hydrogens is 224 g/mol. The van der Waals surface area contributed by atoms with Gasteiger partial charge in [0.2, 0.25) is 5.91 Å². The van der Waals surface area contributed by atoms with Gasteiger partial charge in [0, 0.05) is 19.0 Å². The Morgan fingerprint density at radius 1 is 1.69 bits per heavy atom. The summed E-state index contributed by atoms with van der Waals surface area (Å²) in [5.41, 5.74) is 5.71. The number of ether oxygens (including phenoxy) is 1. The number of likely N-dealkylation sites (N-methyl/N-ethyl adjacent to an activating group) is 1. The second kappa shape index (κ2) is 5.98. The number of carbonyl (C=O) groups is 1. The van der Waals surface area contributed by atoms with Gasteiger partial charge >= 0.3 is 0 Å². The van der Waals surface area contributed by atoms with E-state index in [1.54, 1.807) is 23.3 Å². The Kier molecular flexibility index (Phi) is 4.92. The number of nitrogens with two attached hydrogens (primary N) is 1. The Hall–Kier alpha value is -0.910. The molecule has 0 aromatic carbocycles. The Morgan fingerprint density at radius 3 is 2.88 bits per heavy atom. The van der Waals surface area contributed by atoms with Crippen LogP contribution in [0.3, 0.4) is 0 Å². The fourth-order valence-corrected chi connectivity index (χ4v) is 2.25. The molecule has 5 heteroatoms. The van der Waals surface area contributed by atoms with Crippen LogP contribution in [-0.2, 0) is 9.53 Å². The van der Waals surface area contributed by atoms with E-state index in [-0.39, 0.29) is 18.6 Å². The molecule has 1 aromatic rings. The molecule has 0 fully saturated rings. The van der Waals surface area contributed by atoms with Gasteiger partial charge in [0.05, 0.1) is 12.6 Å². The first kappa shape index (κ1) is 13.2. The highest BCUT2D eigenvalue weighted by atomic mass is 32.1. The van der Waals surface area contributed by atoms with E-state index < -0.39 is 6.04 Å². The average Bonchev–Trinajstić information content (AvgIpc) is 2.79. The van der Waals surface area contributed by atoms with Crippen LogP contribution >= 0.6 is 11.3 Å². The van der Waals surface area contributed by atoms with Crippen molar-refractivity contribution in [1.82, 2.24) is 4.90 Å². The van der Waals surface area contributed by atoms with Crippen LogP contribution in [0.2, 0.25) is 0 Å². The Morgan fingerprint density at radius 2 is 2.38 bits per heavy atom. The number of hydrogen-bond acceptors (Lipinski definition) is 4. The average molecular weight is 242 g/mol. The van der Waals surface area contributed by atoms with E-state index in [2.05, 4.69) is 0 Å². The smallest absolute Gasteiger partial charge is 0.242 e. The molecule has 0 spiro atoms. The summed E-state index contributed by atoms with van der Waals surface area (Å²) in [5, 5.41) is 2.00. The number of carbonyl (C=O) groups excluding carboxylic acids is 1. The highest BCUT2D eigenvalue weighted by Crippen LogP contribution is 2.23. The molecule has 4 nitrogen and oxygen atoms in total. The summed E-state index contributed by atoms with van der Waals surface area (Å²) in [4.78, 5) is 14.7. The Balaban J connectivity index is 2.63. The van der Waals surface area contributed by atoms with Crippen molar-refractivity contribution < 1.29 is 9.53 Å². The first-order valence-corrected chi connectivity index (χ1v) is 6.00. The number of amides is 1. The van der Waals surface area contributed by atoms with Crippen LogP contribution in [0.15, 0.2) is 17.5 Å². The van der Waals surface area contributed by atoms with Crippen LogP contribution < -0.4 is 5.73 Å². The number of rotatable bonds is 5. The van der Waals surface area contributed by atoms with Gasteiger partial charge in [-0.2, -0.15) is 0 Å². The summed E-state index contributed by atoms with van der Waals surface area (Å²) in [7, 11) is 3.30. The molecule has 2 atom stereocenters. The summed E-state index contributed by atoms with van der Waals surface area (Å²) < 4.78 is 4.88. The summed E-state index contributed by atoms with van der Waals surface area (Å²) in [6, 6.07) is 3.46. The fourth-order valence-electron chi connectivity index (χ4n) is 1.42. The van der Waals surface area contributed by atoms with Crippen LogP contribution in [-0.4, -0.2) is 37.6 Å². The number of nitrogens with zero attached hydrogens (tertiary/aromatic N) is 1. The Labute approximate surface area is 100 Å². The van der Waals surface area contributed by atoms with E-state index in [0.29, 0.717) is 0 Å². The first-order chi connectivity index (χ1) is 7.57. The Bertz CT molecular complexity index is 327. The zero-order valence-electron chi connectivity index (χ0n) is 9.84. The minimum Gasteiger partial charge on any atom is -0.383 e. The predicted molar refractivity (Wildman–Crippen MR) is 65.4 cm³/mol. The van der Waals surface area contributed by atoms with Crippen LogP contribution in [0.4, 0.5) is 0 Å². The van der Waals surface area contributed by atoms with E-state index in [1.807, 2.05) is 24.4 Å². The van der Waals surface area contributed by atoms with Gasteiger partial charge in [-0.25, -0.2) is 0 Å².